The predicted molar refractivity (Wildman–Crippen MR) is 69.9 cm³/mol. The summed E-state index contributed by atoms with van der Waals surface area (Å²) < 4.78 is 10.5. The van der Waals surface area contributed by atoms with E-state index in [2.05, 4.69) is 11.6 Å². The van der Waals surface area contributed by atoms with Gasteiger partial charge in [-0.05, 0) is 0 Å². The maximum atomic E-state index is 9.02. The van der Waals surface area contributed by atoms with E-state index in [1.165, 1.54) is 0 Å². The van der Waals surface area contributed by atoms with Crippen LogP contribution in [0.25, 0.3) is 0 Å². The molecule has 0 radical (unpaired) electrons. The van der Waals surface area contributed by atoms with Gasteiger partial charge in [0.15, 0.2) is 11.5 Å². The molecular weight excluding hydrogens is 232 g/mol. The summed E-state index contributed by atoms with van der Waals surface area (Å²) in [5.41, 5.74) is 0.784. The number of hydrogen-bond donors (Lipinski definition) is 1. The third-order valence-corrected chi connectivity index (χ3v) is 2.54. The van der Waals surface area contributed by atoms with Gasteiger partial charge in [0.05, 0.1) is 20.8 Å². The largest absolute Gasteiger partial charge is 0.493 e. The Morgan fingerprint density at radius 2 is 2.22 bits per heavy atom. The van der Waals surface area contributed by atoms with E-state index in [1.54, 1.807) is 32.6 Å². The lowest BCUT2D eigenvalue weighted by atomic mass is 10.2. The summed E-state index contributed by atoms with van der Waals surface area (Å²) >= 11 is 0. The number of rotatable bonds is 8. The van der Waals surface area contributed by atoms with E-state index in [0.29, 0.717) is 31.1 Å². The van der Waals surface area contributed by atoms with Gasteiger partial charge in [0, 0.05) is 31.9 Å². The van der Waals surface area contributed by atoms with Gasteiger partial charge in [-0.2, -0.15) is 0 Å². The normalized spacial score (nSPS) is 10.4. The van der Waals surface area contributed by atoms with Crippen molar-refractivity contribution in [2.45, 2.75) is 6.54 Å². The van der Waals surface area contributed by atoms with Gasteiger partial charge in [0.2, 0.25) is 0 Å². The molecule has 0 spiro atoms. The molecule has 0 aliphatic heterocycles. The molecule has 0 saturated carbocycles. The van der Waals surface area contributed by atoms with Crippen molar-refractivity contribution in [2.75, 3.05) is 33.9 Å². The molecule has 1 aromatic rings. The molecule has 5 heteroatoms. The number of pyridine rings is 1. The van der Waals surface area contributed by atoms with Crippen LogP contribution in [-0.4, -0.2) is 48.9 Å². The Hall–Kier alpha value is -1.59. The second-order valence-electron chi connectivity index (χ2n) is 3.74. The molecule has 0 aromatic carbocycles. The highest BCUT2D eigenvalue weighted by atomic mass is 16.5. The van der Waals surface area contributed by atoms with Crippen molar-refractivity contribution in [3.8, 4) is 11.5 Å². The molecular formula is C13H20N2O3. The van der Waals surface area contributed by atoms with Crippen molar-refractivity contribution < 1.29 is 14.6 Å². The zero-order valence-electron chi connectivity index (χ0n) is 10.9. The summed E-state index contributed by atoms with van der Waals surface area (Å²) in [7, 11) is 3.18. The second-order valence-corrected chi connectivity index (χ2v) is 3.74. The Kier molecular flexibility index (Phi) is 6.18. The fourth-order valence-corrected chi connectivity index (χ4v) is 1.73. The summed E-state index contributed by atoms with van der Waals surface area (Å²) in [6, 6.07) is 1.76. The number of methoxy groups -OCH3 is 2. The molecule has 0 atom stereocenters. The SMILES string of the molecule is C=CCN(CCO)Cc1nccc(OC)c1OC. The zero-order valence-corrected chi connectivity index (χ0v) is 10.9. The van der Waals surface area contributed by atoms with Gasteiger partial charge in [0.1, 0.15) is 5.69 Å². The van der Waals surface area contributed by atoms with E-state index >= 15 is 0 Å². The van der Waals surface area contributed by atoms with Crippen LogP contribution in [0.15, 0.2) is 24.9 Å². The molecule has 1 rings (SSSR count). The number of ether oxygens (including phenoxy) is 2. The Balaban J connectivity index is 2.90. The third kappa shape index (κ3) is 3.72. The van der Waals surface area contributed by atoms with Gasteiger partial charge in [0.25, 0.3) is 0 Å². The van der Waals surface area contributed by atoms with E-state index in [9.17, 15) is 0 Å². The van der Waals surface area contributed by atoms with Crippen LogP contribution in [0.4, 0.5) is 0 Å². The Labute approximate surface area is 108 Å². The van der Waals surface area contributed by atoms with E-state index in [1.807, 2.05) is 4.90 Å². The Morgan fingerprint density at radius 1 is 1.44 bits per heavy atom. The number of aliphatic hydroxyl groups is 1. The highest BCUT2D eigenvalue weighted by Gasteiger charge is 2.13. The van der Waals surface area contributed by atoms with Gasteiger partial charge in [-0.1, -0.05) is 6.08 Å². The summed E-state index contributed by atoms with van der Waals surface area (Å²) in [6.07, 6.45) is 3.48. The minimum absolute atomic E-state index is 0.0973. The first-order chi connectivity index (χ1) is 8.76. The first-order valence-electron chi connectivity index (χ1n) is 5.76. The molecule has 1 aromatic heterocycles. The minimum Gasteiger partial charge on any atom is -0.493 e. The Morgan fingerprint density at radius 3 is 2.78 bits per heavy atom. The smallest absolute Gasteiger partial charge is 0.183 e. The summed E-state index contributed by atoms with van der Waals surface area (Å²) in [4.78, 5) is 6.32. The van der Waals surface area contributed by atoms with E-state index < -0.39 is 0 Å². The molecule has 0 saturated heterocycles. The molecule has 5 nitrogen and oxygen atoms in total. The molecule has 0 aliphatic rings. The van der Waals surface area contributed by atoms with Crippen molar-refractivity contribution >= 4 is 0 Å². The molecule has 0 bridgehead atoms. The van der Waals surface area contributed by atoms with Gasteiger partial charge < -0.3 is 14.6 Å². The number of nitrogens with zero attached hydrogens (tertiary/aromatic N) is 2. The quantitative estimate of drug-likeness (QED) is 0.702. The summed E-state index contributed by atoms with van der Waals surface area (Å²) in [6.45, 7) is 5.62. The van der Waals surface area contributed by atoms with Crippen molar-refractivity contribution in [3.63, 3.8) is 0 Å². The average molecular weight is 252 g/mol. The van der Waals surface area contributed by atoms with Crippen molar-refractivity contribution in [1.29, 1.82) is 0 Å². The van der Waals surface area contributed by atoms with Gasteiger partial charge >= 0.3 is 0 Å². The van der Waals surface area contributed by atoms with Crippen LogP contribution >= 0.6 is 0 Å². The van der Waals surface area contributed by atoms with E-state index in [-0.39, 0.29) is 6.61 Å². The van der Waals surface area contributed by atoms with Crippen LogP contribution in [0.2, 0.25) is 0 Å². The standard InChI is InChI=1S/C13H20N2O3/c1-4-7-15(8-9-16)10-11-13(18-3)12(17-2)5-6-14-11/h4-6,16H,1,7-10H2,2-3H3. The lowest BCUT2D eigenvalue weighted by Gasteiger charge is -2.20. The van der Waals surface area contributed by atoms with Crippen molar-refractivity contribution in [2.24, 2.45) is 0 Å². The van der Waals surface area contributed by atoms with Crippen LogP contribution in [0.5, 0.6) is 11.5 Å². The molecule has 1 N–H and O–H groups in total. The van der Waals surface area contributed by atoms with Crippen LogP contribution in [0.1, 0.15) is 5.69 Å². The van der Waals surface area contributed by atoms with Gasteiger partial charge in [-0.25, -0.2) is 0 Å². The second kappa shape index (κ2) is 7.68. The lowest BCUT2D eigenvalue weighted by molar-refractivity contribution is 0.200. The van der Waals surface area contributed by atoms with E-state index in [4.69, 9.17) is 14.6 Å². The third-order valence-electron chi connectivity index (χ3n) is 2.54. The van der Waals surface area contributed by atoms with Crippen molar-refractivity contribution in [1.82, 2.24) is 9.88 Å². The molecule has 100 valence electrons. The van der Waals surface area contributed by atoms with Crippen LogP contribution in [-0.2, 0) is 6.54 Å². The highest BCUT2D eigenvalue weighted by Crippen LogP contribution is 2.29. The van der Waals surface area contributed by atoms with E-state index in [0.717, 1.165) is 5.69 Å². The first kappa shape index (κ1) is 14.5. The molecule has 0 fully saturated rings. The minimum atomic E-state index is 0.0973. The average Bonchev–Trinajstić information content (AvgIpc) is 2.39. The maximum absolute atomic E-state index is 9.02. The fraction of sp³-hybridized carbons (Fsp3) is 0.462. The van der Waals surface area contributed by atoms with Gasteiger partial charge in [-0.15, -0.1) is 6.58 Å². The summed E-state index contributed by atoms with van der Waals surface area (Å²) in [5.74, 6) is 1.29. The lowest BCUT2D eigenvalue weighted by Crippen LogP contribution is -2.27. The zero-order chi connectivity index (χ0) is 13.4. The first-order valence-corrected chi connectivity index (χ1v) is 5.76. The highest BCUT2D eigenvalue weighted by molar-refractivity contribution is 5.42. The number of aliphatic hydroxyl groups excluding tert-OH is 1. The monoisotopic (exact) mass is 252 g/mol. The molecule has 0 aliphatic carbocycles. The van der Waals surface area contributed by atoms with Gasteiger partial charge in [-0.3, -0.25) is 9.88 Å². The fourth-order valence-electron chi connectivity index (χ4n) is 1.73. The summed E-state index contributed by atoms with van der Waals surface area (Å²) in [5, 5.41) is 9.02. The predicted octanol–water partition coefficient (Wildman–Crippen LogP) is 1.08. The molecule has 18 heavy (non-hydrogen) atoms. The Bertz CT molecular complexity index is 382. The molecule has 0 unspecified atom stereocenters. The number of aromatic nitrogens is 1. The van der Waals surface area contributed by atoms with Crippen LogP contribution < -0.4 is 9.47 Å². The van der Waals surface area contributed by atoms with Crippen LogP contribution in [0.3, 0.4) is 0 Å². The van der Waals surface area contributed by atoms with Crippen LogP contribution in [0, 0.1) is 0 Å². The molecule has 0 amide bonds. The molecule has 1 heterocycles. The van der Waals surface area contributed by atoms with Crippen molar-refractivity contribution in [3.05, 3.63) is 30.6 Å². The number of hydrogen-bond acceptors (Lipinski definition) is 5. The topological polar surface area (TPSA) is 54.8 Å². The maximum Gasteiger partial charge on any atom is 0.183 e.